The number of benzene rings is 3. The minimum atomic E-state index is -0.134. The van der Waals surface area contributed by atoms with Crippen molar-refractivity contribution in [3.8, 4) is 5.75 Å². The third-order valence-electron chi connectivity index (χ3n) is 5.31. The maximum atomic E-state index is 12.9. The highest BCUT2D eigenvalue weighted by atomic mass is 32.2. The molecule has 1 heterocycles. The third-order valence-corrected chi connectivity index (χ3v) is 6.45. The van der Waals surface area contributed by atoms with Gasteiger partial charge in [0.15, 0.2) is 0 Å². The Balaban J connectivity index is 1.40. The molecule has 0 aliphatic carbocycles. The van der Waals surface area contributed by atoms with Gasteiger partial charge in [-0.05, 0) is 60.9 Å². The maximum Gasteiger partial charge on any atom is 0.259 e. The van der Waals surface area contributed by atoms with E-state index in [2.05, 4.69) is 5.32 Å². The molecule has 0 radical (unpaired) electrons. The average molecular weight is 433 g/mol. The van der Waals surface area contributed by atoms with Gasteiger partial charge < -0.3 is 15.0 Å². The molecule has 2 amide bonds. The van der Waals surface area contributed by atoms with E-state index < -0.39 is 0 Å². The predicted molar refractivity (Wildman–Crippen MR) is 123 cm³/mol. The summed E-state index contributed by atoms with van der Waals surface area (Å²) in [4.78, 5) is 29.1. The van der Waals surface area contributed by atoms with E-state index >= 15 is 0 Å². The minimum absolute atomic E-state index is 0.0705. The molecule has 0 saturated heterocycles. The highest BCUT2D eigenvalue weighted by Gasteiger charge is 2.25. The maximum absolute atomic E-state index is 12.9. The Labute approximate surface area is 186 Å². The Morgan fingerprint density at radius 1 is 1.03 bits per heavy atom. The van der Waals surface area contributed by atoms with Crippen LogP contribution in [0.2, 0.25) is 0 Å². The van der Waals surface area contributed by atoms with E-state index in [9.17, 15) is 9.59 Å². The monoisotopic (exact) mass is 432 g/mol. The summed E-state index contributed by atoms with van der Waals surface area (Å²) in [7, 11) is 3.40. The van der Waals surface area contributed by atoms with Gasteiger partial charge in [0, 0.05) is 28.9 Å². The zero-order valence-electron chi connectivity index (χ0n) is 17.6. The number of carbonyl (C=O) groups is 2. The Morgan fingerprint density at radius 3 is 2.58 bits per heavy atom. The summed E-state index contributed by atoms with van der Waals surface area (Å²) in [6, 6.07) is 21.1. The van der Waals surface area contributed by atoms with Gasteiger partial charge in [0.25, 0.3) is 11.8 Å². The Bertz CT molecular complexity index is 1110. The van der Waals surface area contributed by atoms with Crippen molar-refractivity contribution in [3.63, 3.8) is 0 Å². The normalized spacial score (nSPS) is 12.6. The Kier molecular flexibility index (Phi) is 6.28. The molecule has 0 fully saturated rings. The van der Waals surface area contributed by atoms with Crippen molar-refractivity contribution in [1.82, 2.24) is 5.32 Å². The van der Waals surface area contributed by atoms with Crippen LogP contribution in [0.4, 0.5) is 5.69 Å². The van der Waals surface area contributed by atoms with Crippen molar-refractivity contribution in [2.45, 2.75) is 22.6 Å². The third kappa shape index (κ3) is 4.59. The topological polar surface area (TPSA) is 58.6 Å². The first-order valence-electron chi connectivity index (χ1n) is 10.2. The average Bonchev–Trinajstić information content (AvgIpc) is 2.91. The van der Waals surface area contributed by atoms with Crippen LogP contribution in [-0.2, 0) is 6.42 Å². The molecule has 0 aromatic heterocycles. The fourth-order valence-corrected chi connectivity index (χ4v) is 4.62. The van der Waals surface area contributed by atoms with Crippen molar-refractivity contribution in [3.05, 3.63) is 83.4 Å². The molecule has 3 aromatic rings. The molecule has 5 nitrogen and oxygen atoms in total. The van der Waals surface area contributed by atoms with Crippen LogP contribution in [0, 0.1) is 0 Å². The zero-order chi connectivity index (χ0) is 21.8. The van der Waals surface area contributed by atoms with E-state index in [4.69, 9.17) is 4.74 Å². The zero-order valence-corrected chi connectivity index (χ0v) is 18.4. The molecule has 1 N–H and O–H groups in total. The number of nitrogens with one attached hydrogen (secondary N) is 1. The van der Waals surface area contributed by atoms with Gasteiger partial charge in [-0.25, -0.2) is 0 Å². The molecule has 3 aromatic carbocycles. The van der Waals surface area contributed by atoms with Crippen molar-refractivity contribution in [1.29, 1.82) is 0 Å². The van der Waals surface area contributed by atoms with Crippen LogP contribution in [-0.4, -0.2) is 32.5 Å². The summed E-state index contributed by atoms with van der Waals surface area (Å²) in [5, 5.41) is 2.98. The second-order valence-electron chi connectivity index (χ2n) is 7.35. The van der Waals surface area contributed by atoms with Crippen LogP contribution in [0.25, 0.3) is 0 Å². The fourth-order valence-electron chi connectivity index (χ4n) is 3.54. The fraction of sp³-hybridized carbons (Fsp3) is 0.200. The van der Waals surface area contributed by atoms with Crippen LogP contribution >= 0.6 is 11.8 Å². The molecule has 0 unspecified atom stereocenters. The van der Waals surface area contributed by atoms with Gasteiger partial charge in [-0.3, -0.25) is 9.59 Å². The van der Waals surface area contributed by atoms with E-state index in [1.165, 1.54) is 5.56 Å². The molecule has 0 bridgehead atoms. The first kappa shape index (κ1) is 21.0. The molecule has 0 atom stereocenters. The van der Waals surface area contributed by atoms with Crippen molar-refractivity contribution < 1.29 is 14.3 Å². The van der Waals surface area contributed by atoms with Gasteiger partial charge in [-0.2, -0.15) is 0 Å². The molecule has 6 heteroatoms. The highest BCUT2D eigenvalue weighted by Crippen LogP contribution is 2.41. The number of anilines is 1. The number of amides is 2. The largest absolute Gasteiger partial charge is 0.497 e. The predicted octanol–water partition coefficient (Wildman–Crippen LogP) is 4.80. The molecule has 4 rings (SSSR count). The van der Waals surface area contributed by atoms with Crippen LogP contribution in [0.1, 0.15) is 32.7 Å². The quantitative estimate of drug-likeness (QED) is 0.569. The number of hydrogen-bond acceptors (Lipinski definition) is 4. The van der Waals surface area contributed by atoms with Gasteiger partial charge in [0.05, 0.1) is 18.4 Å². The minimum Gasteiger partial charge on any atom is -0.497 e. The van der Waals surface area contributed by atoms with E-state index in [1.54, 1.807) is 36.9 Å². The number of ether oxygens (including phenoxy) is 1. The molecule has 0 saturated carbocycles. The van der Waals surface area contributed by atoms with E-state index in [1.807, 2.05) is 60.7 Å². The van der Waals surface area contributed by atoms with Crippen LogP contribution < -0.4 is 15.0 Å². The van der Waals surface area contributed by atoms with Crippen molar-refractivity contribution in [2.75, 3.05) is 25.6 Å². The number of aryl methyl sites for hydroxylation is 1. The lowest BCUT2D eigenvalue weighted by Crippen LogP contribution is -2.27. The van der Waals surface area contributed by atoms with Crippen LogP contribution in [0.3, 0.4) is 0 Å². The number of fused-ring (bicyclic) bond motifs is 2. The Hall–Kier alpha value is -3.25. The molecule has 1 aliphatic rings. The summed E-state index contributed by atoms with van der Waals surface area (Å²) in [5.41, 5.74) is 3.18. The van der Waals surface area contributed by atoms with Crippen molar-refractivity contribution in [2.24, 2.45) is 0 Å². The number of rotatable bonds is 6. The van der Waals surface area contributed by atoms with Crippen molar-refractivity contribution >= 4 is 29.3 Å². The van der Waals surface area contributed by atoms with E-state index in [-0.39, 0.29) is 11.8 Å². The lowest BCUT2D eigenvalue weighted by atomic mass is 10.1. The van der Waals surface area contributed by atoms with E-state index in [0.717, 1.165) is 34.1 Å². The molecular weight excluding hydrogens is 408 g/mol. The number of nitrogens with zero attached hydrogens (tertiary/aromatic N) is 1. The second kappa shape index (κ2) is 9.27. The first-order chi connectivity index (χ1) is 15.1. The molecule has 1 aliphatic heterocycles. The number of hydrogen-bond donors (Lipinski definition) is 1. The molecular formula is C25H24N2O3S. The van der Waals surface area contributed by atoms with Gasteiger partial charge in [0.1, 0.15) is 5.75 Å². The van der Waals surface area contributed by atoms with Crippen LogP contribution in [0.15, 0.2) is 76.5 Å². The van der Waals surface area contributed by atoms with Crippen LogP contribution in [0.5, 0.6) is 5.75 Å². The molecule has 31 heavy (non-hydrogen) atoms. The molecule has 0 spiro atoms. The molecule has 158 valence electrons. The second-order valence-corrected chi connectivity index (χ2v) is 8.44. The SMILES string of the molecule is COc1ccc(CCCNC(=O)c2ccc3c(c2)N(C)C(=O)c2ccccc2S3)cc1. The summed E-state index contributed by atoms with van der Waals surface area (Å²) < 4.78 is 5.17. The summed E-state index contributed by atoms with van der Waals surface area (Å²) in [5.74, 6) is 0.633. The lowest BCUT2D eigenvalue weighted by molar-refractivity contribution is 0.0950. The number of carbonyl (C=O) groups excluding carboxylic acids is 2. The smallest absolute Gasteiger partial charge is 0.259 e. The lowest BCUT2D eigenvalue weighted by Gasteiger charge is -2.18. The Morgan fingerprint density at radius 2 is 1.81 bits per heavy atom. The first-order valence-corrected chi connectivity index (χ1v) is 11.0. The summed E-state index contributed by atoms with van der Waals surface area (Å²) in [6.07, 6.45) is 1.72. The standard InChI is InChI=1S/C25H24N2O3S/c1-27-21-16-18(11-14-23(21)31-22-8-4-3-7-20(22)25(27)29)24(28)26-15-5-6-17-9-12-19(30-2)13-10-17/h3-4,7-14,16H,5-6,15H2,1-2H3,(H,26,28). The van der Waals surface area contributed by atoms with Gasteiger partial charge in [-0.1, -0.05) is 36.0 Å². The van der Waals surface area contributed by atoms with Gasteiger partial charge in [0.2, 0.25) is 0 Å². The summed E-state index contributed by atoms with van der Waals surface area (Å²) in [6.45, 7) is 0.580. The van der Waals surface area contributed by atoms with Gasteiger partial charge >= 0.3 is 0 Å². The van der Waals surface area contributed by atoms with E-state index in [0.29, 0.717) is 17.7 Å². The summed E-state index contributed by atoms with van der Waals surface area (Å²) >= 11 is 1.55. The number of methoxy groups -OCH3 is 1. The highest BCUT2D eigenvalue weighted by molar-refractivity contribution is 7.99. The van der Waals surface area contributed by atoms with Gasteiger partial charge in [-0.15, -0.1) is 0 Å².